The van der Waals surface area contributed by atoms with Gasteiger partial charge in [0.25, 0.3) is 0 Å². The summed E-state index contributed by atoms with van der Waals surface area (Å²) in [5, 5.41) is 13.6. The Labute approximate surface area is 124 Å². The highest BCUT2D eigenvalue weighted by Crippen LogP contribution is 2.23. The van der Waals surface area contributed by atoms with Crippen molar-refractivity contribution in [1.29, 1.82) is 0 Å². The number of nitrogens with zero attached hydrogens (tertiary/aromatic N) is 2. The van der Waals surface area contributed by atoms with Crippen LogP contribution >= 0.6 is 0 Å². The maximum absolute atomic E-state index is 11.5. The number of methoxy groups -OCH3 is 1. The summed E-state index contributed by atoms with van der Waals surface area (Å²) in [6.07, 6.45) is 4.55. The van der Waals surface area contributed by atoms with E-state index in [1.54, 1.807) is 18.0 Å². The lowest BCUT2D eigenvalue weighted by Gasteiger charge is -2.14. The zero-order valence-corrected chi connectivity index (χ0v) is 12.3. The minimum Gasteiger partial charge on any atom is -0.496 e. The van der Waals surface area contributed by atoms with Crippen LogP contribution < -0.4 is 4.74 Å². The second kappa shape index (κ2) is 6.92. The Kier molecular flexibility index (Phi) is 4.98. The molecule has 1 aromatic carbocycles. The summed E-state index contributed by atoms with van der Waals surface area (Å²) in [5.41, 5.74) is 1.86. The quantitative estimate of drug-likeness (QED) is 0.849. The first-order valence-electron chi connectivity index (χ1n) is 7.00. The summed E-state index contributed by atoms with van der Waals surface area (Å²) in [6.45, 7) is 2.78. The second-order valence-electron chi connectivity index (χ2n) is 4.96. The van der Waals surface area contributed by atoms with Gasteiger partial charge in [0, 0.05) is 12.7 Å². The molecule has 1 N–H and O–H groups in total. The Morgan fingerprint density at radius 2 is 2.14 bits per heavy atom. The van der Waals surface area contributed by atoms with Crippen molar-refractivity contribution in [3.63, 3.8) is 0 Å². The van der Waals surface area contributed by atoms with Gasteiger partial charge in [-0.3, -0.25) is 9.48 Å². The van der Waals surface area contributed by atoms with E-state index in [0.29, 0.717) is 12.8 Å². The van der Waals surface area contributed by atoms with Crippen molar-refractivity contribution in [2.75, 3.05) is 7.11 Å². The fourth-order valence-corrected chi connectivity index (χ4v) is 2.35. The van der Waals surface area contributed by atoms with Crippen LogP contribution in [0.3, 0.4) is 0 Å². The number of aryl methyl sites for hydroxylation is 1. The molecular weight excluding hydrogens is 268 g/mol. The minimum absolute atomic E-state index is 0.441. The van der Waals surface area contributed by atoms with Crippen molar-refractivity contribution in [3.05, 3.63) is 47.8 Å². The van der Waals surface area contributed by atoms with E-state index in [1.165, 1.54) is 0 Å². The number of rotatable bonds is 7. The molecule has 5 nitrogen and oxygen atoms in total. The van der Waals surface area contributed by atoms with Crippen LogP contribution in [-0.4, -0.2) is 28.0 Å². The highest BCUT2D eigenvalue weighted by atomic mass is 16.5. The SMILES string of the molecule is CCn1cc(CC(Cc2ccccc2OC)C(=O)O)cn1. The van der Waals surface area contributed by atoms with Crippen molar-refractivity contribution in [2.24, 2.45) is 5.92 Å². The standard InChI is InChI=1S/C16H20N2O3/c1-3-18-11-12(10-17-18)8-14(16(19)20)9-13-6-4-5-7-15(13)21-2/h4-7,10-11,14H,3,8-9H2,1-2H3,(H,19,20). The van der Waals surface area contributed by atoms with E-state index in [9.17, 15) is 9.90 Å². The lowest BCUT2D eigenvalue weighted by atomic mass is 9.93. The summed E-state index contributed by atoms with van der Waals surface area (Å²) in [6, 6.07) is 7.53. The summed E-state index contributed by atoms with van der Waals surface area (Å²) in [7, 11) is 1.60. The van der Waals surface area contributed by atoms with E-state index in [-0.39, 0.29) is 0 Å². The third-order valence-corrected chi connectivity index (χ3v) is 3.50. The molecule has 0 spiro atoms. The molecule has 1 atom stereocenters. The second-order valence-corrected chi connectivity index (χ2v) is 4.96. The van der Waals surface area contributed by atoms with E-state index in [0.717, 1.165) is 23.4 Å². The van der Waals surface area contributed by atoms with E-state index in [2.05, 4.69) is 5.10 Å². The zero-order valence-electron chi connectivity index (χ0n) is 12.3. The van der Waals surface area contributed by atoms with Gasteiger partial charge >= 0.3 is 5.97 Å². The number of carboxylic acids is 1. The van der Waals surface area contributed by atoms with Crippen molar-refractivity contribution in [2.45, 2.75) is 26.3 Å². The molecule has 5 heteroatoms. The smallest absolute Gasteiger partial charge is 0.307 e. The maximum atomic E-state index is 11.5. The van der Waals surface area contributed by atoms with Crippen LogP contribution in [0.25, 0.3) is 0 Å². The van der Waals surface area contributed by atoms with Crippen LogP contribution in [0, 0.1) is 5.92 Å². The molecule has 0 radical (unpaired) electrons. The normalized spacial score (nSPS) is 12.1. The summed E-state index contributed by atoms with van der Waals surface area (Å²) in [4.78, 5) is 11.5. The molecule has 1 unspecified atom stereocenters. The van der Waals surface area contributed by atoms with Crippen LogP contribution in [-0.2, 0) is 24.2 Å². The average Bonchev–Trinajstić information content (AvgIpc) is 2.94. The van der Waals surface area contributed by atoms with E-state index in [1.807, 2.05) is 37.4 Å². The van der Waals surface area contributed by atoms with Crippen LogP contribution in [0.2, 0.25) is 0 Å². The van der Waals surface area contributed by atoms with Crippen LogP contribution in [0.4, 0.5) is 0 Å². The fraction of sp³-hybridized carbons (Fsp3) is 0.375. The van der Waals surface area contributed by atoms with Gasteiger partial charge in [-0.15, -0.1) is 0 Å². The number of aromatic nitrogens is 2. The Morgan fingerprint density at radius 3 is 2.76 bits per heavy atom. The van der Waals surface area contributed by atoms with Gasteiger partial charge in [-0.2, -0.15) is 5.10 Å². The van der Waals surface area contributed by atoms with Crippen molar-refractivity contribution in [1.82, 2.24) is 9.78 Å². The predicted octanol–water partition coefficient (Wildman–Crippen LogP) is 2.40. The van der Waals surface area contributed by atoms with Gasteiger partial charge in [-0.1, -0.05) is 18.2 Å². The lowest BCUT2D eigenvalue weighted by molar-refractivity contribution is -0.141. The Balaban J connectivity index is 2.14. The fourth-order valence-electron chi connectivity index (χ4n) is 2.35. The van der Waals surface area contributed by atoms with E-state index >= 15 is 0 Å². The monoisotopic (exact) mass is 288 g/mol. The van der Waals surface area contributed by atoms with Crippen LogP contribution in [0.15, 0.2) is 36.7 Å². The summed E-state index contributed by atoms with van der Waals surface area (Å²) >= 11 is 0. The zero-order chi connectivity index (χ0) is 15.2. The van der Waals surface area contributed by atoms with Gasteiger partial charge in [0.1, 0.15) is 5.75 Å². The topological polar surface area (TPSA) is 64.3 Å². The molecule has 0 fully saturated rings. The molecule has 0 aliphatic carbocycles. The molecule has 0 saturated heterocycles. The molecule has 21 heavy (non-hydrogen) atoms. The molecular formula is C16H20N2O3. The average molecular weight is 288 g/mol. The number of carboxylic acid groups (broad SMARTS) is 1. The number of para-hydroxylation sites is 1. The molecule has 2 rings (SSSR count). The Hall–Kier alpha value is -2.30. The maximum Gasteiger partial charge on any atom is 0.307 e. The molecule has 0 aliphatic heterocycles. The number of carbonyl (C=O) groups is 1. The number of ether oxygens (including phenoxy) is 1. The third-order valence-electron chi connectivity index (χ3n) is 3.50. The van der Waals surface area contributed by atoms with E-state index < -0.39 is 11.9 Å². The molecule has 1 aromatic heterocycles. The van der Waals surface area contributed by atoms with Gasteiger partial charge in [0.2, 0.25) is 0 Å². The first kappa shape index (κ1) is 15.1. The molecule has 0 bridgehead atoms. The van der Waals surface area contributed by atoms with Crippen molar-refractivity contribution >= 4 is 5.97 Å². The van der Waals surface area contributed by atoms with Crippen molar-refractivity contribution < 1.29 is 14.6 Å². The molecule has 112 valence electrons. The van der Waals surface area contributed by atoms with Crippen molar-refractivity contribution in [3.8, 4) is 5.75 Å². The molecule has 2 aromatic rings. The molecule has 0 amide bonds. The number of benzene rings is 1. The Morgan fingerprint density at radius 1 is 1.38 bits per heavy atom. The number of aliphatic carboxylic acids is 1. The molecule has 0 saturated carbocycles. The van der Waals surface area contributed by atoms with E-state index in [4.69, 9.17) is 4.74 Å². The van der Waals surface area contributed by atoms with Gasteiger partial charge in [0.05, 0.1) is 19.2 Å². The van der Waals surface area contributed by atoms with Crippen LogP contribution in [0.1, 0.15) is 18.1 Å². The largest absolute Gasteiger partial charge is 0.496 e. The number of hydrogen-bond donors (Lipinski definition) is 1. The number of hydrogen-bond acceptors (Lipinski definition) is 3. The minimum atomic E-state index is -0.801. The summed E-state index contributed by atoms with van der Waals surface area (Å²) in [5.74, 6) is -0.561. The first-order valence-corrected chi connectivity index (χ1v) is 7.00. The van der Waals surface area contributed by atoms with Gasteiger partial charge in [-0.25, -0.2) is 0 Å². The molecule has 1 heterocycles. The highest BCUT2D eigenvalue weighted by molar-refractivity contribution is 5.71. The Bertz CT molecular complexity index is 607. The third kappa shape index (κ3) is 3.84. The van der Waals surface area contributed by atoms with Gasteiger partial charge < -0.3 is 9.84 Å². The highest BCUT2D eigenvalue weighted by Gasteiger charge is 2.21. The lowest BCUT2D eigenvalue weighted by Crippen LogP contribution is -2.19. The summed E-state index contributed by atoms with van der Waals surface area (Å²) < 4.78 is 7.09. The molecule has 0 aliphatic rings. The van der Waals surface area contributed by atoms with Crippen LogP contribution in [0.5, 0.6) is 5.75 Å². The van der Waals surface area contributed by atoms with Gasteiger partial charge in [-0.05, 0) is 37.0 Å². The van der Waals surface area contributed by atoms with Gasteiger partial charge in [0.15, 0.2) is 0 Å². The first-order chi connectivity index (χ1) is 10.1. The predicted molar refractivity (Wildman–Crippen MR) is 79.4 cm³/mol.